The minimum atomic E-state index is -0.492. The van der Waals surface area contributed by atoms with Gasteiger partial charge in [0.15, 0.2) is 11.5 Å². The summed E-state index contributed by atoms with van der Waals surface area (Å²) in [7, 11) is 0. The largest absolute Gasteiger partial charge is 0.454 e. The van der Waals surface area contributed by atoms with Gasteiger partial charge in [-0.05, 0) is 42.2 Å². The van der Waals surface area contributed by atoms with Crippen LogP contribution in [0.5, 0.6) is 11.5 Å². The fourth-order valence-electron chi connectivity index (χ4n) is 6.24. The van der Waals surface area contributed by atoms with Crippen LogP contribution in [0.25, 0.3) is 10.9 Å². The second-order valence-electron chi connectivity index (χ2n) is 9.50. The number of ether oxygens (including phenoxy) is 2. The SMILES string of the molecule is O=C1[C@H]2Cc3c([nH]c4ccccc34)[C@@H](c3ccc4c(c3)OCO4)N2C(=O)CN1C1CCCC1. The molecule has 0 radical (unpaired) electrons. The van der Waals surface area contributed by atoms with E-state index in [9.17, 15) is 9.59 Å². The zero-order chi connectivity index (χ0) is 22.1. The van der Waals surface area contributed by atoms with E-state index in [1.54, 1.807) is 0 Å². The Morgan fingerprint density at radius 3 is 2.67 bits per heavy atom. The van der Waals surface area contributed by atoms with Crippen LogP contribution in [0.2, 0.25) is 0 Å². The molecule has 168 valence electrons. The van der Waals surface area contributed by atoms with Crippen molar-refractivity contribution in [2.75, 3.05) is 13.3 Å². The van der Waals surface area contributed by atoms with E-state index in [1.807, 2.05) is 40.1 Å². The van der Waals surface area contributed by atoms with E-state index in [-0.39, 0.29) is 37.2 Å². The number of nitrogens with one attached hydrogen (secondary N) is 1. The lowest BCUT2D eigenvalue weighted by atomic mass is 9.85. The Morgan fingerprint density at radius 2 is 1.79 bits per heavy atom. The third kappa shape index (κ3) is 2.74. The lowest BCUT2D eigenvalue weighted by molar-refractivity contribution is -0.160. The number of hydrogen-bond donors (Lipinski definition) is 1. The van der Waals surface area contributed by atoms with E-state index in [0.717, 1.165) is 53.4 Å². The van der Waals surface area contributed by atoms with Crippen molar-refractivity contribution in [1.29, 1.82) is 0 Å². The number of aromatic nitrogens is 1. The number of fused-ring (bicyclic) bond motifs is 5. The van der Waals surface area contributed by atoms with Gasteiger partial charge in [0.05, 0.1) is 6.04 Å². The second-order valence-corrected chi connectivity index (χ2v) is 9.50. The van der Waals surface area contributed by atoms with Gasteiger partial charge in [-0.1, -0.05) is 37.1 Å². The average molecular weight is 444 g/mol. The van der Waals surface area contributed by atoms with Gasteiger partial charge in [-0.15, -0.1) is 0 Å². The summed E-state index contributed by atoms with van der Waals surface area (Å²) in [6, 6.07) is 13.3. The van der Waals surface area contributed by atoms with Gasteiger partial charge in [0.1, 0.15) is 12.6 Å². The Balaban J connectivity index is 1.39. The van der Waals surface area contributed by atoms with Gasteiger partial charge in [-0.3, -0.25) is 9.59 Å². The number of para-hydroxylation sites is 1. The van der Waals surface area contributed by atoms with Gasteiger partial charge in [-0.25, -0.2) is 0 Å². The molecule has 3 aromatic rings. The normalized spacial score (nSPS) is 24.5. The fourth-order valence-corrected chi connectivity index (χ4v) is 6.24. The van der Waals surface area contributed by atoms with Gasteiger partial charge >= 0.3 is 0 Å². The number of carbonyl (C=O) groups is 2. The second kappa shape index (κ2) is 7.01. The highest BCUT2D eigenvalue weighted by Crippen LogP contribution is 2.45. The molecule has 7 rings (SSSR count). The summed E-state index contributed by atoms with van der Waals surface area (Å²) >= 11 is 0. The lowest BCUT2D eigenvalue weighted by Crippen LogP contribution is -2.64. The third-order valence-electron chi connectivity index (χ3n) is 7.77. The van der Waals surface area contributed by atoms with Crippen molar-refractivity contribution in [2.24, 2.45) is 0 Å². The molecule has 2 amide bonds. The van der Waals surface area contributed by atoms with Crippen LogP contribution in [0.15, 0.2) is 42.5 Å². The van der Waals surface area contributed by atoms with Crippen LogP contribution in [-0.4, -0.2) is 52.0 Å². The molecular weight excluding hydrogens is 418 g/mol. The monoisotopic (exact) mass is 443 g/mol. The Kier molecular flexibility index (Phi) is 4.04. The quantitative estimate of drug-likeness (QED) is 0.658. The van der Waals surface area contributed by atoms with Gasteiger partial charge in [0.25, 0.3) is 0 Å². The summed E-state index contributed by atoms with van der Waals surface area (Å²) in [5.74, 6) is 1.48. The predicted octanol–water partition coefficient (Wildman–Crippen LogP) is 3.52. The number of aromatic amines is 1. The van der Waals surface area contributed by atoms with Crippen molar-refractivity contribution >= 4 is 22.7 Å². The van der Waals surface area contributed by atoms with Crippen LogP contribution < -0.4 is 9.47 Å². The van der Waals surface area contributed by atoms with Crippen molar-refractivity contribution in [3.63, 3.8) is 0 Å². The number of carbonyl (C=O) groups excluding carboxylic acids is 2. The zero-order valence-electron chi connectivity index (χ0n) is 18.3. The Bertz CT molecular complexity index is 1290. The number of amides is 2. The van der Waals surface area contributed by atoms with Crippen LogP contribution in [0, 0.1) is 0 Å². The van der Waals surface area contributed by atoms with Crippen LogP contribution in [-0.2, 0) is 16.0 Å². The van der Waals surface area contributed by atoms with Gasteiger partial charge in [0, 0.05) is 29.1 Å². The predicted molar refractivity (Wildman–Crippen MR) is 121 cm³/mol. The highest BCUT2D eigenvalue weighted by Gasteiger charge is 2.49. The molecular formula is C26H25N3O4. The summed E-state index contributed by atoms with van der Waals surface area (Å²) in [5, 5.41) is 1.12. The molecule has 3 aliphatic heterocycles. The maximum Gasteiger partial charge on any atom is 0.246 e. The molecule has 0 bridgehead atoms. The van der Waals surface area contributed by atoms with E-state index in [0.29, 0.717) is 17.9 Å². The number of piperazine rings is 1. The summed E-state index contributed by atoms with van der Waals surface area (Å²) in [6.45, 7) is 0.359. The summed E-state index contributed by atoms with van der Waals surface area (Å²) in [6.07, 6.45) is 4.78. The molecule has 4 aliphatic rings. The maximum atomic E-state index is 13.8. The number of nitrogens with zero attached hydrogens (tertiary/aromatic N) is 2. The molecule has 7 heteroatoms. The van der Waals surface area contributed by atoms with Gasteiger partial charge < -0.3 is 24.3 Å². The van der Waals surface area contributed by atoms with Crippen molar-refractivity contribution in [3.8, 4) is 11.5 Å². The number of H-pyrrole nitrogens is 1. The zero-order valence-corrected chi connectivity index (χ0v) is 18.3. The van der Waals surface area contributed by atoms with E-state index in [4.69, 9.17) is 9.47 Å². The molecule has 2 fully saturated rings. The minimum Gasteiger partial charge on any atom is -0.454 e. The first-order valence-corrected chi connectivity index (χ1v) is 11.8. The molecule has 33 heavy (non-hydrogen) atoms. The number of benzene rings is 2. The maximum absolute atomic E-state index is 13.8. The van der Waals surface area contributed by atoms with E-state index < -0.39 is 6.04 Å². The Morgan fingerprint density at radius 1 is 0.970 bits per heavy atom. The molecule has 7 nitrogen and oxygen atoms in total. The smallest absolute Gasteiger partial charge is 0.246 e. The first-order valence-electron chi connectivity index (χ1n) is 11.8. The van der Waals surface area contributed by atoms with Crippen LogP contribution in [0.1, 0.15) is 48.5 Å². The molecule has 4 heterocycles. The number of hydrogen-bond acceptors (Lipinski definition) is 4. The third-order valence-corrected chi connectivity index (χ3v) is 7.77. The van der Waals surface area contributed by atoms with Gasteiger partial charge in [0.2, 0.25) is 18.6 Å². The Hall–Kier alpha value is -3.48. The number of rotatable bonds is 2. The molecule has 1 aromatic heterocycles. The topological polar surface area (TPSA) is 74.9 Å². The molecule has 1 aliphatic carbocycles. The molecule has 0 spiro atoms. The van der Waals surface area contributed by atoms with Crippen molar-refractivity contribution in [3.05, 3.63) is 59.3 Å². The van der Waals surface area contributed by atoms with Crippen molar-refractivity contribution < 1.29 is 19.1 Å². The summed E-state index contributed by atoms with van der Waals surface area (Å²) in [5.41, 5.74) is 4.07. The van der Waals surface area contributed by atoms with Crippen LogP contribution in [0.3, 0.4) is 0 Å². The van der Waals surface area contributed by atoms with Crippen LogP contribution in [0.4, 0.5) is 0 Å². The molecule has 1 saturated carbocycles. The summed E-state index contributed by atoms with van der Waals surface area (Å²) < 4.78 is 11.1. The first-order chi connectivity index (χ1) is 16.2. The highest BCUT2D eigenvalue weighted by molar-refractivity contribution is 5.98. The average Bonchev–Trinajstić information content (AvgIpc) is 3.59. The van der Waals surface area contributed by atoms with E-state index in [2.05, 4.69) is 17.1 Å². The molecule has 2 aromatic carbocycles. The Labute approximate surface area is 191 Å². The highest BCUT2D eigenvalue weighted by atomic mass is 16.7. The lowest BCUT2D eigenvalue weighted by Gasteiger charge is -2.48. The fraction of sp³-hybridized carbons (Fsp3) is 0.385. The first kappa shape index (κ1) is 19.0. The van der Waals surface area contributed by atoms with E-state index in [1.165, 1.54) is 0 Å². The van der Waals surface area contributed by atoms with Crippen molar-refractivity contribution in [1.82, 2.24) is 14.8 Å². The van der Waals surface area contributed by atoms with Crippen LogP contribution >= 0.6 is 0 Å². The molecule has 0 unspecified atom stereocenters. The van der Waals surface area contributed by atoms with Crippen molar-refractivity contribution in [2.45, 2.75) is 50.2 Å². The standard InChI is InChI=1S/C26H25N3O4/c30-23-13-28(16-5-1-2-6-16)26(31)20-12-18-17-7-3-4-8-19(17)27-24(18)25(29(20)23)15-9-10-21-22(11-15)33-14-32-21/h3-4,7-11,16,20,25,27H,1-2,5-6,12-14H2/t20-,25-/m1/s1. The minimum absolute atomic E-state index is 0.0125. The van der Waals surface area contributed by atoms with E-state index >= 15 is 0 Å². The molecule has 1 N–H and O–H groups in total. The molecule has 1 saturated heterocycles. The molecule has 2 atom stereocenters. The van der Waals surface area contributed by atoms with Gasteiger partial charge in [-0.2, -0.15) is 0 Å². The summed E-state index contributed by atoms with van der Waals surface area (Å²) in [4.78, 5) is 34.7.